The first-order valence-electron chi connectivity index (χ1n) is 7.55. The van der Waals surface area contributed by atoms with Crippen LogP contribution in [0.3, 0.4) is 0 Å². The second kappa shape index (κ2) is 8.09. The largest absolute Gasteiger partial charge is 0.325 e. The number of nitrogens with zero attached hydrogens (tertiary/aromatic N) is 5. The van der Waals surface area contributed by atoms with Gasteiger partial charge in [0.1, 0.15) is 5.69 Å². The molecule has 0 saturated carbocycles. The zero-order valence-electron chi connectivity index (χ0n) is 13.4. The van der Waals surface area contributed by atoms with Crippen molar-refractivity contribution in [1.29, 1.82) is 0 Å². The van der Waals surface area contributed by atoms with Crippen molar-refractivity contribution in [3.05, 3.63) is 47.9 Å². The monoisotopic (exact) mass is 374 g/mol. The molecular weight excluding hydrogens is 360 g/mol. The molecule has 2 heterocycles. The number of benzene rings is 1. The van der Waals surface area contributed by atoms with Crippen molar-refractivity contribution in [1.82, 2.24) is 24.7 Å². The second-order valence-corrected chi connectivity index (χ2v) is 6.36. The van der Waals surface area contributed by atoms with E-state index in [-0.39, 0.29) is 11.7 Å². The highest BCUT2D eigenvalue weighted by Gasteiger charge is 2.15. The number of nitrogens with one attached hydrogen (secondary N) is 1. The van der Waals surface area contributed by atoms with Gasteiger partial charge in [-0.2, -0.15) is 0 Å². The number of hydrogen-bond acceptors (Lipinski definition) is 6. The lowest BCUT2D eigenvalue weighted by atomic mass is 10.3. The number of thioether (sulfide) groups is 1. The first-order valence-corrected chi connectivity index (χ1v) is 8.91. The summed E-state index contributed by atoms with van der Waals surface area (Å²) >= 11 is 7.15. The molecule has 0 aliphatic rings. The van der Waals surface area contributed by atoms with Gasteiger partial charge in [0.15, 0.2) is 11.0 Å². The van der Waals surface area contributed by atoms with E-state index < -0.39 is 0 Å². The average molecular weight is 375 g/mol. The smallest absolute Gasteiger partial charge is 0.234 e. The third kappa shape index (κ3) is 4.34. The van der Waals surface area contributed by atoms with Gasteiger partial charge in [0.25, 0.3) is 0 Å². The van der Waals surface area contributed by atoms with Gasteiger partial charge in [0.05, 0.1) is 11.9 Å². The van der Waals surface area contributed by atoms with Crippen LogP contribution in [-0.4, -0.2) is 36.4 Å². The maximum absolute atomic E-state index is 12.1. The van der Waals surface area contributed by atoms with E-state index in [0.717, 1.165) is 0 Å². The van der Waals surface area contributed by atoms with Crippen LogP contribution in [0.15, 0.2) is 48.0 Å². The Hall–Kier alpha value is -2.45. The van der Waals surface area contributed by atoms with Crippen molar-refractivity contribution < 1.29 is 4.79 Å². The Balaban J connectivity index is 1.66. The van der Waals surface area contributed by atoms with Crippen LogP contribution in [0.1, 0.15) is 6.92 Å². The lowest BCUT2D eigenvalue weighted by Gasteiger charge is -2.07. The Morgan fingerprint density at radius 1 is 1.24 bits per heavy atom. The van der Waals surface area contributed by atoms with E-state index in [4.69, 9.17) is 11.6 Å². The van der Waals surface area contributed by atoms with Gasteiger partial charge in [-0.1, -0.05) is 23.4 Å². The predicted octanol–water partition coefficient (Wildman–Crippen LogP) is 3.14. The van der Waals surface area contributed by atoms with Crippen LogP contribution in [0.25, 0.3) is 11.5 Å². The van der Waals surface area contributed by atoms with E-state index in [9.17, 15) is 4.79 Å². The van der Waals surface area contributed by atoms with Crippen LogP contribution >= 0.6 is 23.4 Å². The van der Waals surface area contributed by atoms with Crippen LogP contribution < -0.4 is 5.32 Å². The van der Waals surface area contributed by atoms with Crippen LogP contribution in [0, 0.1) is 0 Å². The van der Waals surface area contributed by atoms with E-state index in [0.29, 0.717) is 33.9 Å². The molecule has 1 aromatic carbocycles. The molecule has 0 atom stereocenters. The second-order valence-electron chi connectivity index (χ2n) is 4.98. The molecule has 3 rings (SSSR count). The lowest BCUT2D eigenvalue weighted by Crippen LogP contribution is -2.14. The number of rotatable bonds is 6. The van der Waals surface area contributed by atoms with Crippen molar-refractivity contribution in [3.63, 3.8) is 0 Å². The number of amides is 1. The number of carbonyl (C=O) groups is 1. The highest BCUT2D eigenvalue weighted by atomic mass is 35.5. The molecule has 0 aliphatic heterocycles. The highest BCUT2D eigenvalue weighted by Crippen LogP contribution is 2.22. The molecule has 128 valence electrons. The minimum absolute atomic E-state index is 0.126. The normalized spacial score (nSPS) is 10.6. The molecule has 2 aromatic heterocycles. The van der Waals surface area contributed by atoms with Gasteiger partial charge >= 0.3 is 0 Å². The zero-order chi connectivity index (χ0) is 17.6. The van der Waals surface area contributed by atoms with E-state index in [1.807, 2.05) is 11.5 Å². The van der Waals surface area contributed by atoms with Gasteiger partial charge in [-0.15, -0.1) is 10.2 Å². The first kappa shape index (κ1) is 17.4. The minimum Gasteiger partial charge on any atom is -0.325 e. The fourth-order valence-electron chi connectivity index (χ4n) is 2.14. The molecule has 0 spiro atoms. The Morgan fingerprint density at radius 2 is 2.04 bits per heavy atom. The van der Waals surface area contributed by atoms with Crippen LogP contribution in [0.4, 0.5) is 5.69 Å². The fraction of sp³-hybridized carbons (Fsp3) is 0.188. The number of hydrogen-bond donors (Lipinski definition) is 1. The van der Waals surface area contributed by atoms with Crippen molar-refractivity contribution >= 4 is 35.0 Å². The summed E-state index contributed by atoms with van der Waals surface area (Å²) in [6.07, 6.45) is 4.85. The fourth-order valence-corrected chi connectivity index (χ4v) is 3.07. The predicted molar refractivity (Wildman–Crippen MR) is 97.5 cm³/mol. The summed E-state index contributed by atoms with van der Waals surface area (Å²) in [5.41, 5.74) is 1.35. The topological polar surface area (TPSA) is 85.6 Å². The number of aromatic nitrogens is 5. The Bertz CT molecular complexity index is 853. The quantitative estimate of drug-likeness (QED) is 0.667. The summed E-state index contributed by atoms with van der Waals surface area (Å²) in [6, 6.07) is 6.97. The van der Waals surface area contributed by atoms with Gasteiger partial charge in [0, 0.05) is 29.6 Å². The van der Waals surface area contributed by atoms with Crippen LogP contribution in [0.5, 0.6) is 0 Å². The highest BCUT2D eigenvalue weighted by molar-refractivity contribution is 7.99. The summed E-state index contributed by atoms with van der Waals surface area (Å²) in [5, 5.41) is 12.4. The van der Waals surface area contributed by atoms with E-state index in [1.54, 1.807) is 42.9 Å². The molecule has 3 aromatic rings. The summed E-state index contributed by atoms with van der Waals surface area (Å²) in [7, 11) is 0. The van der Waals surface area contributed by atoms with Gasteiger partial charge in [-0.05, 0) is 31.2 Å². The molecule has 0 radical (unpaired) electrons. The van der Waals surface area contributed by atoms with Gasteiger partial charge in [-0.25, -0.2) is 4.98 Å². The molecule has 0 saturated heterocycles. The van der Waals surface area contributed by atoms with Crippen LogP contribution in [-0.2, 0) is 11.3 Å². The average Bonchev–Trinajstić information content (AvgIpc) is 3.05. The van der Waals surface area contributed by atoms with Gasteiger partial charge < -0.3 is 9.88 Å². The summed E-state index contributed by atoms with van der Waals surface area (Å²) < 4.78 is 1.91. The van der Waals surface area contributed by atoms with E-state index >= 15 is 0 Å². The van der Waals surface area contributed by atoms with Crippen molar-refractivity contribution in [2.24, 2.45) is 0 Å². The molecule has 25 heavy (non-hydrogen) atoms. The molecular formula is C16H15ClN6OS. The number of anilines is 1. The molecule has 1 N–H and O–H groups in total. The summed E-state index contributed by atoms with van der Waals surface area (Å²) in [6.45, 7) is 2.65. The molecule has 0 unspecified atom stereocenters. The van der Waals surface area contributed by atoms with E-state index in [1.165, 1.54) is 11.8 Å². The SMILES string of the molecule is CCn1c(SCC(=O)Nc2ccc(Cl)cc2)nnc1-c1cnccn1. The molecule has 1 amide bonds. The molecule has 0 fully saturated rings. The first-order chi connectivity index (χ1) is 12.2. The molecule has 7 nitrogen and oxygen atoms in total. The molecule has 0 aliphatic carbocycles. The molecule has 0 bridgehead atoms. The molecule has 9 heteroatoms. The maximum Gasteiger partial charge on any atom is 0.234 e. The lowest BCUT2D eigenvalue weighted by molar-refractivity contribution is -0.113. The summed E-state index contributed by atoms with van der Waals surface area (Å²) in [5.74, 6) is 0.733. The standard InChI is InChI=1S/C16H15ClN6OS/c1-2-23-15(13-9-18-7-8-19-13)21-22-16(23)25-10-14(24)20-12-5-3-11(17)4-6-12/h3-9H,2,10H2,1H3,(H,20,24). The maximum atomic E-state index is 12.1. The third-order valence-corrected chi connectivity index (χ3v) is 4.50. The van der Waals surface area contributed by atoms with Crippen molar-refractivity contribution in [2.75, 3.05) is 11.1 Å². The van der Waals surface area contributed by atoms with E-state index in [2.05, 4.69) is 25.5 Å². The third-order valence-electron chi connectivity index (χ3n) is 3.29. The number of carbonyl (C=O) groups excluding carboxylic acids is 1. The summed E-state index contributed by atoms with van der Waals surface area (Å²) in [4.78, 5) is 20.4. The van der Waals surface area contributed by atoms with Crippen molar-refractivity contribution in [2.45, 2.75) is 18.6 Å². The van der Waals surface area contributed by atoms with Crippen molar-refractivity contribution in [3.8, 4) is 11.5 Å². The van der Waals surface area contributed by atoms with Crippen LogP contribution in [0.2, 0.25) is 5.02 Å². The number of halogens is 1. The Labute approximate surface area is 153 Å². The Kier molecular flexibility index (Phi) is 5.62. The zero-order valence-corrected chi connectivity index (χ0v) is 15.0. The van der Waals surface area contributed by atoms with Gasteiger partial charge in [-0.3, -0.25) is 9.78 Å². The minimum atomic E-state index is -0.126. The Morgan fingerprint density at radius 3 is 2.72 bits per heavy atom. The van der Waals surface area contributed by atoms with Gasteiger partial charge in [0.2, 0.25) is 5.91 Å².